The average molecular weight is 627 g/mol. The van der Waals surface area contributed by atoms with E-state index in [1.165, 1.54) is 13.3 Å². The van der Waals surface area contributed by atoms with Gasteiger partial charge in [-0.15, -0.1) is 4.40 Å². The van der Waals surface area contributed by atoms with Crippen LogP contribution >= 0.6 is 0 Å². The fraction of sp³-hybridized carbons (Fsp3) is 0.206. The van der Waals surface area contributed by atoms with Gasteiger partial charge in [-0.25, -0.2) is 10.2 Å². The minimum atomic E-state index is -4.10. The standard InChI is InChI=1S/C34H38N6O4S/c1-22-18-30(44-4)23(2)24(3)32(22)45(42,43)40-33(36)28-17-11-12-25(19-28)20-29(35)21-37-39-34(41)38-31(26-13-7-5-8-14-26)27-15-9-6-10-16-27/h5-19,21,29,31H,20,35H2,1-4H3,(H2,36,40)(H2,38,39,41)/b37-21+. The molecule has 0 spiro atoms. The number of methoxy groups -OCH3 is 1. The minimum Gasteiger partial charge on any atom is -0.496 e. The Morgan fingerprint density at radius 3 is 2.13 bits per heavy atom. The molecule has 0 fully saturated rings. The van der Waals surface area contributed by atoms with E-state index in [2.05, 4.69) is 20.2 Å². The summed E-state index contributed by atoms with van der Waals surface area (Å²) in [6.07, 6.45) is 1.79. The molecule has 4 aromatic rings. The molecule has 0 saturated heterocycles. The summed E-state index contributed by atoms with van der Waals surface area (Å²) in [5.41, 5.74) is 19.8. The van der Waals surface area contributed by atoms with Crippen LogP contribution in [0.2, 0.25) is 0 Å². The zero-order chi connectivity index (χ0) is 32.6. The van der Waals surface area contributed by atoms with Crippen molar-refractivity contribution in [2.24, 2.45) is 21.0 Å². The molecule has 1 atom stereocenters. The molecular weight excluding hydrogens is 588 g/mol. The molecule has 0 aliphatic heterocycles. The van der Waals surface area contributed by atoms with E-state index in [1.807, 2.05) is 66.7 Å². The normalized spacial score (nSPS) is 12.7. The third-order valence-electron chi connectivity index (χ3n) is 7.34. The highest BCUT2D eigenvalue weighted by atomic mass is 32.2. The van der Waals surface area contributed by atoms with Gasteiger partial charge in [-0.05, 0) is 72.7 Å². The Morgan fingerprint density at radius 2 is 1.53 bits per heavy atom. The number of amides is 2. The molecule has 11 heteroatoms. The number of carbonyl (C=O) groups excluding carboxylic acids is 1. The Labute approximate surface area is 264 Å². The van der Waals surface area contributed by atoms with Crippen LogP contribution in [-0.4, -0.2) is 39.7 Å². The smallest absolute Gasteiger partial charge is 0.335 e. The van der Waals surface area contributed by atoms with Crippen LogP contribution in [0.25, 0.3) is 0 Å². The summed E-state index contributed by atoms with van der Waals surface area (Å²) in [5, 5.41) is 6.99. The van der Waals surface area contributed by atoms with Crippen molar-refractivity contribution in [2.45, 2.75) is 44.2 Å². The van der Waals surface area contributed by atoms with E-state index in [1.54, 1.807) is 45.0 Å². The first-order valence-corrected chi connectivity index (χ1v) is 15.7. The molecule has 0 bridgehead atoms. The molecule has 0 radical (unpaired) electrons. The number of amidine groups is 1. The largest absolute Gasteiger partial charge is 0.496 e. The van der Waals surface area contributed by atoms with Gasteiger partial charge in [-0.1, -0.05) is 78.9 Å². The van der Waals surface area contributed by atoms with Crippen molar-refractivity contribution in [1.29, 1.82) is 0 Å². The number of hydrazone groups is 1. The number of rotatable bonds is 11. The maximum atomic E-state index is 13.3. The number of ether oxygens (including phenoxy) is 1. The third-order valence-corrected chi connectivity index (χ3v) is 8.92. The van der Waals surface area contributed by atoms with Crippen LogP contribution < -0.4 is 26.9 Å². The highest BCUT2D eigenvalue weighted by molar-refractivity contribution is 7.90. The van der Waals surface area contributed by atoms with E-state index in [9.17, 15) is 13.2 Å². The van der Waals surface area contributed by atoms with Crippen LogP contribution in [0.4, 0.5) is 4.79 Å². The Morgan fingerprint density at radius 1 is 0.911 bits per heavy atom. The number of urea groups is 1. The van der Waals surface area contributed by atoms with Crippen molar-refractivity contribution in [2.75, 3.05) is 7.11 Å². The quantitative estimate of drug-likeness (QED) is 0.108. The minimum absolute atomic E-state index is 0.105. The van der Waals surface area contributed by atoms with E-state index >= 15 is 0 Å². The number of sulfonamides is 1. The van der Waals surface area contributed by atoms with Crippen molar-refractivity contribution >= 4 is 28.1 Å². The van der Waals surface area contributed by atoms with Gasteiger partial charge in [-0.3, -0.25) is 0 Å². The lowest BCUT2D eigenvalue weighted by molar-refractivity contribution is 0.239. The first-order valence-electron chi connectivity index (χ1n) is 14.3. The lowest BCUT2D eigenvalue weighted by Gasteiger charge is -2.19. The fourth-order valence-electron chi connectivity index (χ4n) is 5.05. The number of hydrogen-bond donors (Lipinski definition) is 4. The van der Waals surface area contributed by atoms with Crippen LogP contribution in [0.3, 0.4) is 0 Å². The number of hydrogen-bond acceptors (Lipinski definition) is 6. The summed E-state index contributed by atoms with van der Waals surface area (Å²) in [6, 6.07) is 26.5. The van der Waals surface area contributed by atoms with Crippen molar-refractivity contribution in [3.05, 3.63) is 130 Å². The number of benzene rings is 4. The molecule has 4 aromatic carbocycles. The molecule has 10 nitrogen and oxygen atoms in total. The molecule has 0 heterocycles. The summed E-state index contributed by atoms with van der Waals surface area (Å²) in [5.74, 6) is 0.462. The maximum absolute atomic E-state index is 13.3. The van der Waals surface area contributed by atoms with Gasteiger partial charge < -0.3 is 21.5 Å². The average Bonchev–Trinajstić information content (AvgIpc) is 3.02. The second-order valence-corrected chi connectivity index (χ2v) is 12.2. The van der Waals surface area contributed by atoms with Crippen molar-refractivity contribution < 1.29 is 17.9 Å². The zero-order valence-electron chi connectivity index (χ0n) is 25.7. The summed E-state index contributed by atoms with van der Waals surface area (Å²) in [6.45, 7) is 5.21. The first-order chi connectivity index (χ1) is 21.5. The van der Waals surface area contributed by atoms with Crippen molar-refractivity contribution in [3.63, 3.8) is 0 Å². The van der Waals surface area contributed by atoms with Gasteiger partial charge >= 0.3 is 6.03 Å². The molecular formula is C34H38N6O4S. The Balaban J connectivity index is 1.41. The number of nitrogens with zero attached hydrogens (tertiary/aromatic N) is 2. The second-order valence-electron chi connectivity index (χ2n) is 10.6. The zero-order valence-corrected chi connectivity index (χ0v) is 26.5. The van der Waals surface area contributed by atoms with Gasteiger partial charge in [-0.2, -0.15) is 13.5 Å². The molecule has 4 rings (SSSR count). The summed E-state index contributed by atoms with van der Waals surface area (Å²) in [4.78, 5) is 12.8. The molecule has 0 aliphatic rings. The van der Waals surface area contributed by atoms with E-state index in [0.717, 1.165) is 16.7 Å². The predicted octanol–water partition coefficient (Wildman–Crippen LogP) is 4.66. The van der Waals surface area contributed by atoms with Crippen LogP contribution in [0.1, 0.15) is 45.0 Å². The lowest BCUT2D eigenvalue weighted by atomic mass is 9.99. The van der Waals surface area contributed by atoms with Crippen LogP contribution in [-0.2, 0) is 16.4 Å². The van der Waals surface area contributed by atoms with Crippen molar-refractivity contribution in [3.8, 4) is 5.75 Å². The Kier molecular flexibility index (Phi) is 10.7. The lowest BCUT2D eigenvalue weighted by Crippen LogP contribution is -2.36. The van der Waals surface area contributed by atoms with Crippen LogP contribution in [0.15, 0.2) is 105 Å². The van der Waals surface area contributed by atoms with Gasteiger partial charge in [0.1, 0.15) is 11.6 Å². The molecule has 1 unspecified atom stereocenters. The maximum Gasteiger partial charge on any atom is 0.335 e. The summed E-state index contributed by atoms with van der Waals surface area (Å²) >= 11 is 0. The molecule has 45 heavy (non-hydrogen) atoms. The molecule has 2 amide bonds. The number of aryl methyl sites for hydroxylation is 1. The summed E-state index contributed by atoms with van der Waals surface area (Å²) in [7, 11) is -2.56. The number of nitrogens with two attached hydrogens (primary N) is 2. The first kappa shape index (κ1) is 32.9. The van der Waals surface area contributed by atoms with Gasteiger partial charge in [0, 0.05) is 17.8 Å². The van der Waals surface area contributed by atoms with E-state index in [-0.39, 0.29) is 16.8 Å². The van der Waals surface area contributed by atoms with Gasteiger partial charge in [0.15, 0.2) is 0 Å². The topological polar surface area (TPSA) is 161 Å². The van der Waals surface area contributed by atoms with E-state index in [0.29, 0.717) is 34.4 Å². The second kappa shape index (κ2) is 14.7. The predicted molar refractivity (Wildman–Crippen MR) is 178 cm³/mol. The van der Waals surface area contributed by atoms with Crippen molar-refractivity contribution in [1.82, 2.24) is 10.7 Å². The molecule has 0 saturated carbocycles. The van der Waals surface area contributed by atoms with Gasteiger partial charge in [0.05, 0.1) is 18.0 Å². The highest BCUT2D eigenvalue weighted by Crippen LogP contribution is 2.31. The fourth-order valence-corrected chi connectivity index (χ4v) is 6.51. The highest BCUT2D eigenvalue weighted by Gasteiger charge is 2.23. The van der Waals surface area contributed by atoms with Crippen LogP contribution in [0.5, 0.6) is 5.75 Å². The van der Waals surface area contributed by atoms with Gasteiger partial charge in [0.2, 0.25) is 0 Å². The molecule has 0 aliphatic carbocycles. The number of carbonyl (C=O) groups is 1. The SMILES string of the molecule is COc1cc(C)c(S(=O)(=O)/N=C(/N)c2cccc(CC(N)/C=N/NC(=O)NC(c3ccccc3)c3ccccc3)c2)c(C)c1C. The molecule has 6 N–H and O–H groups in total. The van der Waals surface area contributed by atoms with Gasteiger partial charge in [0.25, 0.3) is 10.0 Å². The molecule has 0 aromatic heterocycles. The third kappa shape index (κ3) is 8.34. The monoisotopic (exact) mass is 626 g/mol. The Hall–Kier alpha value is -5.00. The Bertz CT molecular complexity index is 1770. The summed E-state index contributed by atoms with van der Waals surface area (Å²) < 4.78 is 35.9. The van der Waals surface area contributed by atoms with Crippen LogP contribution in [0, 0.1) is 20.8 Å². The van der Waals surface area contributed by atoms with E-state index < -0.39 is 22.1 Å². The number of nitrogens with one attached hydrogen (secondary N) is 2. The molecule has 234 valence electrons. The van der Waals surface area contributed by atoms with E-state index in [4.69, 9.17) is 16.2 Å².